The number of anilines is 1. The molecule has 1 aliphatic heterocycles. The van der Waals surface area contributed by atoms with Gasteiger partial charge in [0.1, 0.15) is 0 Å². The Morgan fingerprint density at radius 1 is 1.41 bits per heavy atom. The van der Waals surface area contributed by atoms with E-state index < -0.39 is 0 Å². The number of imidazole rings is 1. The molecule has 0 saturated carbocycles. The summed E-state index contributed by atoms with van der Waals surface area (Å²) in [5.41, 5.74) is 3.18. The normalized spacial score (nSPS) is 16.0. The zero-order valence-corrected chi connectivity index (χ0v) is 13.0. The molecule has 2 aromatic rings. The van der Waals surface area contributed by atoms with Gasteiger partial charge in [0.2, 0.25) is 11.9 Å². The number of fused-ring (bicyclic) bond motifs is 1. The summed E-state index contributed by atoms with van der Waals surface area (Å²) in [6.07, 6.45) is 5.02. The molecule has 0 aliphatic carbocycles. The molecule has 0 radical (unpaired) electrons. The van der Waals surface area contributed by atoms with Crippen LogP contribution in [0.1, 0.15) is 38.2 Å². The second-order valence-corrected chi connectivity index (χ2v) is 5.92. The molecule has 0 bridgehead atoms. The van der Waals surface area contributed by atoms with Crippen LogP contribution in [0.15, 0.2) is 18.2 Å². The molecule has 1 amide bonds. The molecule has 0 atom stereocenters. The van der Waals surface area contributed by atoms with E-state index in [2.05, 4.69) is 34.3 Å². The Kier molecular flexibility index (Phi) is 4.73. The van der Waals surface area contributed by atoms with Crippen molar-refractivity contribution >= 4 is 22.9 Å². The zero-order valence-electron chi connectivity index (χ0n) is 13.0. The van der Waals surface area contributed by atoms with E-state index in [1.54, 1.807) is 0 Å². The fourth-order valence-corrected chi connectivity index (χ4v) is 2.83. The lowest BCUT2D eigenvalue weighted by atomic mass is 10.00. The SMILES string of the molecule is CCCCc1ccc2nc(NC(=O)C3CCOCC3)[nH]c2c1. The van der Waals surface area contributed by atoms with E-state index >= 15 is 0 Å². The first-order valence-corrected chi connectivity index (χ1v) is 8.13. The first-order valence-electron chi connectivity index (χ1n) is 8.13. The number of carbonyl (C=O) groups excluding carboxylic acids is 1. The summed E-state index contributed by atoms with van der Waals surface area (Å²) in [6, 6.07) is 6.26. The molecule has 118 valence electrons. The molecule has 1 aromatic heterocycles. The van der Waals surface area contributed by atoms with Gasteiger partial charge in [-0.1, -0.05) is 19.4 Å². The molecule has 5 nitrogen and oxygen atoms in total. The van der Waals surface area contributed by atoms with Crippen LogP contribution in [0.5, 0.6) is 0 Å². The fourth-order valence-electron chi connectivity index (χ4n) is 2.83. The van der Waals surface area contributed by atoms with Gasteiger partial charge in [0.05, 0.1) is 11.0 Å². The summed E-state index contributed by atoms with van der Waals surface area (Å²) in [4.78, 5) is 19.9. The highest BCUT2D eigenvalue weighted by molar-refractivity contribution is 5.92. The number of aromatic nitrogens is 2. The smallest absolute Gasteiger partial charge is 0.229 e. The van der Waals surface area contributed by atoms with E-state index in [1.807, 2.05) is 6.07 Å². The molecule has 2 N–H and O–H groups in total. The van der Waals surface area contributed by atoms with Crippen molar-refractivity contribution in [1.82, 2.24) is 9.97 Å². The highest BCUT2D eigenvalue weighted by Crippen LogP contribution is 2.20. The monoisotopic (exact) mass is 301 g/mol. The van der Waals surface area contributed by atoms with E-state index in [0.29, 0.717) is 19.2 Å². The summed E-state index contributed by atoms with van der Waals surface area (Å²) in [7, 11) is 0. The Hall–Kier alpha value is -1.88. The molecular formula is C17H23N3O2. The number of H-pyrrole nitrogens is 1. The number of nitrogens with zero attached hydrogens (tertiary/aromatic N) is 1. The standard InChI is InChI=1S/C17H23N3O2/c1-2-3-4-12-5-6-14-15(11-12)19-17(18-14)20-16(21)13-7-9-22-10-8-13/h5-6,11,13H,2-4,7-10H2,1H3,(H2,18,19,20,21). The number of carbonyl (C=O) groups is 1. The van der Waals surface area contributed by atoms with Crippen LogP contribution in [0, 0.1) is 5.92 Å². The first-order chi connectivity index (χ1) is 10.8. The summed E-state index contributed by atoms with van der Waals surface area (Å²) >= 11 is 0. The van der Waals surface area contributed by atoms with Crippen LogP contribution in [0.25, 0.3) is 11.0 Å². The molecule has 1 aliphatic rings. The molecule has 1 aromatic carbocycles. The summed E-state index contributed by atoms with van der Waals surface area (Å²) < 4.78 is 5.29. The van der Waals surface area contributed by atoms with Crippen LogP contribution in [0.4, 0.5) is 5.95 Å². The Morgan fingerprint density at radius 2 is 2.23 bits per heavy atom. The number of rotatable bonds is 5. The van der Waals surface area contributed by atoms with Crippen LogP contribution in [-0.2, 0) is 16.0 Å². The van der Waals surface area contributed by atoms with E-state index in [9.17, 15) is 4.79 Å². The van der Waals surface area contributed by atoms with Crippen molar-refractivity contribution in [3.63, 3.8) is 0 Å². The highest BCUT2D eigenvalue weighted by atomic mass is 16.5. The molecule has 1 fully saturated rings. The van der Waals surface area contributed by atoms with Crippen molar-refractivity contribution in [3.8, 4) is 0 Å². The molecule has 2 heterocycles. The highest BCUT2D eigenvalue weighted by Gasteiger charge is 2.22. The summed E-state index contributed by atoms with van der Waals surface area (Å²) in [6.45, 7) is 3.52. The lowest BCUT2D eigenvalue weighted by Crippen LogP contribution is -2.28. The predicted octanol–water partition coefficient (Wildman–Crippen LogP) is 3.27. The number of ether oxygens (including phenoxy) is 1. The van der Waals surface area contributed by atoms with E-state index in [0.717, 1.165) is 30.3 Å². The maximum absolute atomic E-state index is 12.2. The molecule has 0 unspecified atom stereocenters. The minimum absolute atomic E-state index is 0.0297. The number of amides is 1. The summed E-state index contributed by atoms with van der Waals surface area (Å²) in [5.74, 6) is 0.606. The molecule has 5 heteroatoms. The lowest BCUT2D eigenvalue weighted by molar-refractivity contribution is -0.122. The lowest BCUT2D eigenvalue weighted by Gasteiger charge is -2.20. The maximum Gasteiger partial charge on any atom is 0.229 e. The first kappa shape index (κ1) is 15.0. The predicted molar refractivity (Wildman–Crippen MR) is 86.9 cm³/mol. The van der Waals surface area contributed by atoms with Crippen molar-refractivity contribution in [2.45, 2.75) is 39.0 Å². The Balaban J connectivity index is 1.69. The number of aromatic amines is 1. The number of hydrogen-bond acceptors (Lipinski definition) is 3. The van der Waals surface area contributed by atoms with Crippen molar-refractivity contribution in [1.29, 1.82) is 0 Å². The Morgan fingerprint density at radius 3 is 3.00 bits per heavy atom. The third-order valence-corrected chi connectivity index (χ3v) is 4.20. The van der Waals surface area contributed by atoms with E-state index in [-0.39, 0.29) is 11.8 Å². The third kappa shape index (κ3) is 3.47. The van der Waals surface area contributed by atoms with Crippen LogP contribution < -0.4 is 5.32 Å². The van der Waals surface area contributed by atoms with Crippen molar-refractivity contribution in [3.05, 3.63) is 23.8 Å². The molecule has 0 spiro atoms. The van der Waals surface area contributed by atoms with Gasteiger partial charge in [-0.15, -0.1) is 0 Å². The average molecular weight is 301 g/mol. The molecular weight excluding hydrogens is 278 g/mol. The van der Waals surface area contributed by atoms with Gasteiger partial charge >= 0.3 is 0 Å². The van der Waals surface area contributed by atoms with Gasteiger partial charge in [0.25, 0.3) is 0 Å². The minimum atomic E-state index is 0.0297. The van der Waals surface area contributed by atoms with Crippen LogP contribution in [0.2, 0.25) is 0 Å². The topological polar surface area (TPSA) is 67.0 Å². The molecule has 22 heavy (non-hydrogen) atoms. The van der Waals surface area contributed by atoms with E-state index in [4.69, 9.17) is 4.74 Å². The number of aryl methyl sites for hydroxylation is 1. The Labute approximate surface area is 130 Å². The van der Waals surface area contributed by atoms with Crippen molar-refractivity contribution in [2.24, 2.45) is 5.92 Å². The molecule has 1 saturated heterocycles. The Bertz CT molecular complexity index is 644. The molecule has 3 rings (SSSR count). The van der Waals surface area contributed by atoms with E-state index in [1.165, 1.54) is 18.4 Å². The number of benzene rings is 1. The van der Waals surface area contributed by atoms with Gasteiger partial charge in [-0.05, 0) is 43.4 Å². The van der Waals surface area contributed by atoms with Gasteiger partial charge in [0.15, 0.2) is 0 Å². The van der Waals surface area contributed by atoms with Gasteiger partial charge in [-0.3, -0.25) is 10.1 Å². The van der Waals surface area contributed by atoms with Crippen LogP contribution in [-0.4, -0.2) is 29.1 Å². The average Bonchev–Trinajstić information content (AvgIpc) is 2.95. The fraction of sp³-hybridized carbons (Fsp3) is 0.529. The van der Waals surface area contributed by atoms with Crippen molar-refractivity contribution in [2.75, 3.05) is 18.5 Å². The second kappa shape index (κ2) is 6.92. The van der Waals surface area contributed by atoms with Gasteiger partial charge < -0.3 is 9.72 Å². The maximum atomic E-state index is 12.2. The number of hydrogen-bond donors (Lipinski definition) is 2. The largest absolute Gasteiger partial charge is 0.381 e. The number of nitrogens with one attached hydrogen (secondary N) is 2. The van der Waals surface area contributed by atoms with Crippen molar-refractivity contribution < 1.29 is 9.53 Å². The minimum Gasteiger partial charge on any atom is -0.381 e. The summed E-state index contributed by atoms with van der Waals surface area (Å²) in [5, 5.41) is 2.90. The van der Waals surface area contributed by atoms with Gasteiger partial charge in [-0.2, -0.15) is 0 Å². The second-order valence-electron chi connectivity index (χ2n) is 5.92. The van der Waals surface area contributed by atoms with Gasteiger partial charge in [-0.25, -0.2) is 4.98 Å². The zero-order chi connectivity index (χ0) is 15.4. The quantitative estimate of drug-likeness (QED) is 0.890. The number of unbranched alkanes of at least 4 members (excludes halogenated alkanes) is 1. The van der Waals surface area contributed by atoms with Crippen LogP contribution in [0.3, 0.4) is 0 Å². The van der Waals surface area contributed by atoms with Gasteiger partial charge in [0, 0.05) is 19.1 Å². The van der Waals surface area contributed by atoms with Crippen LogP contribution >= 0.6 is 0 Å². The third-order valence-electron chi connectivity index (χ3n) is 4.20.